The molecule has 0 aliphatic carbocycles. The van der Waals surface area contributed by atoms with Crippen LogP contribution in [-0.4, -0.2) is 19.0 Å². The standard InChI is InChI=1S/C11H21N/c1-7-11(8-2)9(3)10(4)12(5)6/h7,9,11H,1,4,8H2,2-3,5-6H3. The summed E-state index contributed by atoms with van der Waals surface area (Å²) in [6.45, 7) is 12.3. The van der Waals surface area contributed by atoms with Crippen LogP contribution in [0.25, 0.3) is 0 Å². The first-order valence-corrected chi connectivity index (χ1v) is 4.53. The second kappa shape index (κ2) is 5.02. The van der Waals surface area contributed by atoms with Crippen LogP contribution in [0.1, 0.15) is 20.3 Å². The minimum absolute atomic E-state index is 0.502. The predicted octanol–water partition coefficient (Wildman–Crippen LogP) is 2.91. The van der Waals surface area contributed by atoms with Crippen molar-refractivity contribution in [3.63, 3.8) is 0 Å². The maximum atomic E-state index is 4.05. The molecular weight excluding hydrogens is 146 g/mol. The van der Waals surface area contributed by atoms with Crippen molar-refractivity contribution in [2.75, 3.05) is 14.1 Å². The Morgan fingerprint density at radius 2 is 2.00 bits per heavy atom. The van der Waals surface area contributed by atoms with Gasteiger partial charge in [0.1, 0.15) is 0 Å². The van der Waals surface area contributed by atoms with Crippen molar-refractivity contribution in [2.45, 2.75) is 20.3 Å². The summed E-state index contributed by atoms with van der Waals surface area (Å²) < 4.78 is 0. The van der Waals surface area contributed by atoms with Crippen molar-refractivity contribution >= 4 is 0 Å². The number of hydrogen-bond acceptors (Lipinski definition) is 1. The van der Waals surface area contributed by atoms with Gasteiger partial charge in [-0.2, -0.15) is 0 Å². The van der Waals surface area contributed by atoms with Crippen molar-refractivity contribution in [3.8, 4) is 0 Å². The van der Waals surface area contributed by atoms with Crippen molar-refractivity contribution in [1.29, 1.82) is 0 Å². The van der Waals surface area contributed by atoms with E-state index in [9.17, 15) is 0 Å². The highest BCUT2D eigenvalue weighted by Crippen LogP contribution is 2.23. The van der Waals surface area contributed by atoms with E-state index in [4.69, 9.17) is 0 Å². The van der Waals surface area contributed by atoms with Gasteiger partial charge in [0.15, 0.2) is 0 Å². The van der Waals surface area contributed by atoms with Gasteiger partial charge in [-0.05, 0) is 12.3 Å². The monoisotopic (exact) mass is 167 g/mol. The van der Waals surface area contributed by atoms with Gasteiger partial charge >= 0.3 is 0 Å². The lowest BCUT2D eigenvalue weighted by molar-refractivity contribution is 0.369. The van der Waals surface area contributed by atoms with E-state index in [1.165, 1.54) is 5.70 Å². The van der Waals surface area contributed by atoms with Crippen molar-refractivity contribution in [3.05, 3.63) is 24.9 Å². The number of rotatable bonds is 5. The molecule has 0 bridgehead atoms. The molecule has 0 spiro atoms. The van der Waals surface area contributed by atoms with Gasteiger partial charge in [0.2, 0.25) is 0 Å². The van der Waals surface area contributed by atoms with Gasteiger partial charge in [0, 0.05) is 25.7 Å². The van der Waals surface area contributed by atoms with E-state index in [0.29, 0.717) is 11.8 Å². The summed E-state index contributed by atoms with van der Waals surface area (Å²) >= 11 is 0. The van der Waals surface area contributed by atoms with Crippen LogP contribution in [0.3, 0.4) is 0 Å². The molecule has 1 nitrogen and oxygen atoms in total. The first kappa shape index (κ1) is 11.3. The number of nitrogens with zero attached hydrogens (tertiary/aromatic N) is 1. The molecular formula is C11H21N. The van der Waals surface area contributed by atoms with Gasteiger partial charge in [-0.15, -0.1) is 6.58 Å². The summed E-state index contributed by atoms with van der Waals surface area (Å²) in [5.74, 6) is 1.06. The van der Waals surface area contributed by atoms with Gasteiger partial charge in [0.05, 0.1) is 0 Å². The van der Waals surface area contributed by atoms with Crippen LogP contribution in [0.5, 0.6) is 0 Å². The fraction of sp³-hybridized carbons (Fsp3) is 0.636. The predicted molar refractivity (Wildman–Crippen MR) is 56.0 cm³/mol. The average molecular weight is 167 g/mol. The summed E-state index contributed by atoms with van der Waals surface area (Å²) in [4.78, 5) is 2.08. The molecule has 2 atom stereocenters. The second-order valence-corrected chi connectivity index (χ2v) is 3.48. The Morgan fingerprint density at radius 1 is 1.50 bits per heavy atom. The molecule has 0 saturated carbocycles. The first-order chi connectivity index (χ1) is 5.54. The molecule has 0 N–H and O–H groups in total. The lowest BCUT2D eigenvalue weighted by Crippen LogP contribution is -2.21. The Morgan fingerprint density at radius 3 is 2.25 bits per heavy atom. The van der Waals surface area contributed by atoms with Crippen LogP contribution in [-0.2, 0) is 0 Å². The molecule has 0 aliphatic heterocycles. The van der Waals surface area contributed by atoms with E-state index in [2.05, 4.69) is 31.9 Å². The molecule has 0 aromatic carbocycles. The molecule has 2 unspecified atom stereocenters. The van der Waals surface area contributed by atoms with Gasteiger partial charge < -0.3 is 4.90 Å². The van der Waals surface area contributed by atoms with Gasteiger partial charge in [0.25, 0.3) is 0 Å². The fourth-order valence-corrected chi connectivity index (χ4v) is 1.38. The normalized spacial score (nSPS) is 15.0. The molecule has 12 heavy (non-hydrogen) atoms. The maximum absolute atomic E-state index is 4.05. The van der Waals surface area contributed by atoms with E-state index in [1.54, 1.807) is 0 Å². The molecule has 0 rings (SSSR count). The van der Waals surface area contributed by atoms with Crippen molar-refractivity contribution < 1.29 is 0 Å². The van der Waals surface area contributed by atoms with Crippen molar-refractivity contribution in [2.24, 2.45) is 11.8 Å². The van der Waals surface area contributed by atoms with Crippen LogP contribution in [0.15, 0.2) is 24.9 Å². The zero-order valence-electron chi connectivity index (χ0n) is 8.80. The maximum Gasteiger partial charge on any atom is 0.00891 e. The highest BCUT2D eigenvalue weighted by atomic mass is 15.1. The lowest BCUT2D eigenvalue weighted by atomic mass is 9.89. The summed E-state index contributed by atoms with van der Waals surface area (Å²) in [6, 6.07) is 0. The molecule has 70 valence electrons. The van der Waals surface area contributed by atoms with Crippen LogP contribution in [0, 0.1) is 11.8 Å². The van der Waals surface area contributed by atoms with Gasteiger partial charge in [-0.25, -0.2) is 0 Å². The third-order valence-corrected chi connectivity index (χ3v) is 2.52. The van der Waals surface area contributed by atoms with Gasteiger partial charge in [-0.1, -0.05) is 26.5 Å². The SMILES string of the molecule is C=CC(CC)C(C)C(=C)N(C)C. The average Bonchev–Trinajstić information content (AvgIpc) is 2.05. The number of allylic oxidation sites excluding steroid dienone is 2. The molecule has 0 fully saturated rings. The third kappa shape index (κ3) is 2.72. The molecule has 0 radical (unpaired) electrons. The number of hydrogen-bond donors (Lipinski definition) is 0. The minimum atomic E-state index is 0.502. The Hall–Kier alpha value is -0.720. The quantitative estimate of drug-likeness (QED) is 0.569. The van der Waals surface area contributed by atoms with E-state index < -0.39 is 0 Å². The second-order valence-electron chi connectivity index (χ2n) is 3.48. The zero-order chi connectivity index (χ0) is 9.72. The van der Waals surface area contributed by atoms with Crippen LogP contribution in [0.4, 0.5) is 0 Å². The largest absolute Gasteiger partial charge is 0.381 e. The lowest BCUT2D eigenvalue weighted by Gasteiger charge is -2.26. The zero-order valence-corrected chi connectivity index (χ0v) is 8.80. The first-order valence-electron chi connectivity index (χ1n) is 4.53. The molecule has 0 aromatic rings. The molecule has 0 aromatic heterocycles. The van der Waals surface area contributed by atoms with Crippen LogP contribution < -0.4 is 0 Å². The summed E-state index contributed by atoms with van der Waals surface area (Å²) in [6.07, 6.45) is 3.16. The Kier molecular flexibility index (Phi) is 4.72. The topological polar surface area (TPSA) is 3.24 Å². The smallest absolute Gasteiger partial charge is 0.00891 e. The molecule has 0 saturated heterocycles. The van der Waals surface area contributed by atoms with Crippen molar-refractivity contribution in [1.82, 2.24) is 4.90 Å². The summed E-state index contributed by atoms with van der Waals surface area (Å²) in [7, 11) is 4.07. The Balaban J connectivity index is 4.25. The van der Waals surface area contributed by atoms with E-state index in [1.807, 2.05) is 20.2 Å². The Bertz CT molecular complexity index is 158. The van der Waals surface area contributed by atoms with Crippen LogP contribution in [0.2, 0.25) is 0 Å². The summed E-state index contributed by atoms with van der Waals surface area (Å²) in [5, 5.41) is 0. The van der Waals surface area contributed by atoms with E-state index in [0.717, 1.165) is 6.42 Å². The van der Waals surface area contributed by atoms with Gasteiger partial charge in [-0.3, -0.25) is 0 Å². The molecule has 1 heteroatoms. The Labute approximate surface area is 76.8 Å². The third-order valence-electron chi connectivity index (χ3n) is 2.52. The molecule has 0 heterocycles. The van der Waals surface area contributed by atoms with E-state index in [-0.39, 0.29) is 0 Å². The van der Waals surface area contributed by atoms with E-state index >= 15 is 0 Å². The highest BCUT2D eigenvalue weighted by Gasteiger charge is 2.15. The fourth-order valence-electron chi connectivity index (χ4n) is 1.38. The molecule has 0 amide bonds. The summed E-state index contributed by atoms with van der Waals surface area (Å²) in [5.41, 5.74) is 1.18. The van der Waals surface area contributed by atoms with Crippen LogP contribution >= 0.6 is 0 Å². The highest BCUT2D eigenvalue weighted by molar-refractivity contribution is 5.02. The molecule has 0 aliphatic rings. The minimum Gasteiger partial charge on any atom is -0.381 e.